The Morgan fingerprint density at radius 2 is 1.87 bits per heavy atom. The predicted octanol–water partition coefficient (Wildman–Crippen LogP) is 2.01. The number of H-pyrrole nitrogens is 1. The number of nitrogen functional groups attached to an aromatic ring is 1. The third-order valence-corrected chi connectivity index (χ3v) is 4.94. The number of rotatable bonds is 8. The number of nitrogens with two attached hydrogens (primary N) is 1. The maximum absolute atomic E-state index is 12.8. The fourth-order valence-electron chi connectivity index (χ4n) is 3.49. The summed E-state index contributed by atoms with van der Waals surface area (Å²) in [4.78, 5) is 40.9. The number of hydrogen-bond acceptors (Lipinski definition) is 6. The normalized spacial score (nSPS) is 11.2. The molecule has 0 aliphatic rings. The molecular formula is C22H26N4O4. The van der Waals surface area contributed by atoms with Crippen LogP contribution in [0.15, 0.2) is 46.0 Å². The second-order valence-electron chi connectivity index (χ2n) is 7.31. The lowest BCUT2D eigenvalue weighted by atomic mass is 10.1. The zero-order valence-corrected chi connectivity index (χ0v) is 17.4. The van der Waals surface area contributed by atoms with Crippen LogP contribution in [0, 0.1) is 0 Å². The molecule has 0 saturated carbocycles. The van der Waals surface area contributed by atoms with Crippen molar-refractivity contribution in [1.82, 2.24) is 14.5 Å². The average Bonchev–Trinajstić information content (AvgIpc) is 2.70. The Morgan fingerprint density at radius 1 is 1.17 bits per heavy atom. The van der Waals surface area contributed by atoms with Crippen LogP contribution in [-0.2, 0) is 13.1 Å². The Balaban J connectivity index is 1.78. The predicted molar refractivity (Wildman–Crippen MR) is 117 cm³/mol. The average molecular weight is 410 g/mol. The summed E-state index contributed by atoms with van der Waals surface area (Å²) in [5.74, 6) is 0.292. The summed E-state index contributed by atoms with van der Waals surface area (Å²) in [5.41, 5.74) is 5.49. The summed E-state index contributed by atoms with van der Waals surface area (Å²) >= 11 is 0. The van der Waals surface area contributed by atoms with Gasteiger partial charge in [-0.3, -0.25) is 24.0 Å². The molecule has 0 aliphatic carbocycles. The van der Waals surface area contributed by atoms with Gasteiger partial charge in [-0.1, -0.05) is 25.1 Å². The number of anilines is 1. The SMILES string of the molecule is CCCn1c(N)c(C(=O)CN(C)Cc2ccc3cc(OC)ccc3c2)c(=O)[nH]c1=O. The van der Waals surface area contributed by atoms with Crippen LogP contribution in [0.3, 0.4) is 0 Å². The van der Waals surface area contributed by atoms with Crippen molar-refractivity contribution in [1.29, 1.82) is 0 Å². The van der Waals surface area contributed by atoms with Crippen molar-refractivity contribution < 1.29 is 9.53 Å². The molecule has 1 aromatic heterocycles. The first-order chi connectivity index (χ1) is 14.3. The minimum Gasteiger partial charge on any atom is -0.497 e. The highest BCUT2D eigenvalue weighted by Gasteiger charge is 2.20. The van der Waals surface area contributed by atoms with Crippen molar-refractivity contribution in [3.63, 3.8) is 0 Å². The van der Waals surface area contributed by atoms with Crippen molar-refractivity contribution in [3.8, 4) is 5.75 Å². The van der Waals surface area contributed by atoms with Crippen LogP contribution in [0.1, 0.15) is 29.3 Å². The summed E-state index contributed by atoms with van der Waals surface area (Å²) < 4.78 is 6.48. The molecule has 1 heterocycles. The molecule has 2 aromatic carbocycles. The zero-order chi connectivity index (χ0) is 21.8. The van der Waals surface area contributed by atoms with E-state index in [4.69, 9.17) is 10.5 Å². The third-order valence-electron chi connectivity index (χ3n) is 4.94. The van der Waals surface area contributed by atoms with Gasteiger partial charge in [-0.25, -0.2) is 4.79 Å². The first-order valence-corrected chi connectivity index (χ1v) is 9.75. The summed E-state index contributed by atoms with van der Waals surface area (Å²) in [6, 6.07) is 11.9. The highest BCUT2D eigenvalue weighted by atomic mass is 16.5. The van der Waals surface area contributed by atoms with Crippen molar-refractivity contribution in [2.75, 3.05) is 26.4 Å². The molecule has 0 saturated heterocycles. The molecule has 0 amide bonds. The van der Waals surface area contributed by atoms with Crippen LogP contribution in [0.2, 0.25) is 0 Å². The van der Waals surface area contributed by atoms with Crippen LogP contribution in [-0.4, -0.2) is 40.9 Å². The first kappa shape index (κ1) is 21.3. The fraction of sp³-hybridized carbons (Fsp3) is 0.318. The summed E-state index contributed by atoms with van der Waals surface area (Å²) in [6.07, 6.45) is 0.650. The van der Waals surface area contributed by atoms with Gasteiger partial charge in [-0.2, -0.15) is 0 Å². The number of ketones is 1. The summed E-state index contributed by atoms with van der Waals surface area (Å²) in [7, 11) is 3.43. The molecule has 3 N–H and O–H groups in total. The number of ether oxygens (including phenoxy) is 1. The number of benzene rings is 2. The number of Topliss-reactive ketones (excluding diaryl/α,β-unsaturated/α-hetero) is 1. The van der Waals surface area contributed by atoms with E-state index in [2.05, 4.69) is 11.1 Å². The molecule has 3 aromatic rings. The van der Waals surface area contributed by atoms with Gasteiger partial charge < -0.3 is 10.5 Å². The van der Waals surface area contributed by atoms with Gasteiger partial charge in [0.25, 0.3) is 5.56 Å². The molecule has 0 spiro atoms. The Bertz CT molecular complexity index is 1200. The minimum atomic E-state index is -0.747. The van der Waals surface area contributed by atoms with E-state index >= 15 is 0 Å². The lowest BCUT2D eigenvalue weighted by Crippen LogP contribution is -2.38. The quantitative estimate of drug-likeness (QED) is 0.550. The number of likely N-dealkylation sites (N-methyl/N-ethyl adjacent to an activating group) is 1. The molecule has 0 bridgehead atoms. The molecule has 8 heteroatoms. The van der Waals surface area contributed by atoms with E-state index in [-0.39, 0.29) is 17.9 Å². The van der Waals surface area contributed by atoms with Crippen LogP contribution in [0.4, 0.5) is 5.82 Å². The van der Waals surface area contributed by atoms with Crippen molar-refractivity contribution in [2.24, 2.45) is 0 Å². The number of aromatic nitrogens is 2. The number of carbonyl (C=O) groups excluding carboxylic acids is 1. The Kier molecular flexibility index (Phi) is 6.37. The standard InChI is InChI=1S/C22H26N4O4/c1-4-9-26-20(23)19(21(28)24-22(26)29)18(27)13-25(2)12-14-5-6-16-11-17(30-3)8-7-15(16)10-14/h5-8,10-11H,4,9,12-13,23H2,1-3H3,(H,24,28,29). The molecular weight excluding hydrogens is 384 g/mol. The number of nitrogens with one attached hydrogen (secondary N) is 1. The summed E-state index contributed by atoms with van der Waals surface area (Å²) in [5, 5.41) is 2.13. The van der Waals surface area contributed by atoms with Gasteiger partial charge in [-0.05, 0) is 48.0 Å². The topological polar surface area (TPSA) is 110 Å². The number of fused-ring (bicyclic) bond motifs is 1. The van der Waals surface area contributed by atoms with E-state index in [9.17, 15) is 14.4 Å². The number of aromatic amines is 1. The van der Waals surface area contributed by atoms with Gasteiger partial charge in [0.2, 0.25) is 0 Å². The smallest absolute Gasteiger partial charge is 0.329 e. The van der Waals surface area contributed by atoms with E-state index in [0.717, 1.165) is 22.1 Å². The van der Waals surface area contributed by atoms with E-state index in [1.54, 1.807) is 19.1 Å². The lowest BCUT2D eigenvalue weighted by molar-refractivity contribution is 0.0941. The lowest BCUT2D eigenvalue weighted by Gasteiger charge is -2.17. The molecule has 30 heavy (non-hydrogen) atoms. The molecule has 3 rings (SSSR count). The molecule has 0 atom stereocenters. The summed E-state index contributed by atoms with van der Waals surface area (Å²) in [6.45, 7) is 2.73. The van der Waals surface area contributed by atoms with Gasteiger partial charge in [-0.15, -0.1) is 0 Å². The van der Waals surface area contributed by atoms with Gasteiger partial charge in [0.1, 0.15) is 17.1 Å². The van der Waals surface area contributed by atoms with E-state index in [0.29, 0.717) is 19.5 Å². The minimum absolute atomic E-state index is 0.00173. The van der Waals surface area contributed by atoms with E-state index in [1.807, 2.05) is 37.3 Å². The highest BCUT2D eigenvalue weighted by molar-refractivity contribution is 6.01. The van der Waals surface area contributed by atoms with Crippen molar-refractivity contribution in [3.05, 3.63) is 68.4 Å². The second kappa shape index (κ2) is 8.96. The fourth-order valence-corrected chi connectivity index (χ4v) is 3.49. The number of methoxy groups -OCH3 is 1. The molecule has 0 unspecified atom stereocenters. The third kappa shape index (κ3) is 4.44. The zero-order valence-electron chi connectivity index (χ0n) is 17.4. The second-order valence-corrected chi connectivity index (χ2v) is 7.31. The van der Waals surface area contributed by atoms with E-state index in [1.165, 1.54) is 4.57 Å². The van der Waals surface area contributed by atoms with Gasteiger partial charge in [0.15, 0.2) is 5.78 Å². The van der Waals surface area contributed by atoms with Gasteiger partial charge in [0, 0.05) is 13.1 Å². The highest BCUT2D eigenvalue weighted by Crippen LogP contribution is 2.22. The van der Waals surface area contributed by atoms with Crippen molar-refractivity contribution >= 4 is 22.4 Å². The van der Waals surface area contributed by atoms with Crippen LogP contribution in [0.25, 0.3) is 10.8 Å². The van der Waals surface area contributed by atoms with Crippen molar-refractivity contribution in [2.45, 2.75) is 26.4 Å². The Morgan fingerprint density at radius 3 is 2.57 bits per heavy atom. The van der Waals surface area contributed by atoms with Gasteiger partial charge >= 0.3 is 5.69 Å². The molecule has 8 nitrogen and oxygen atoms in total. The number of nitrogens with zero attached hydrogens (tertiary/aromatic N) is 2. The first-order valence-electron chi connectivity index (χ1n) is 9.75. The number of hydrogen-bond donors (Lipinski definition) is 2. The monoisotopic (exact) mass is 410 g/mol. The molecule has 158 valence electrons. The Labute approximate surface area is 173 Å². The van der Waals surface area contributed by atoms with Crippen LogP contribution < -0.4 is 21.7 Å². The largest absolute Gasteiger partial charge is 0.497 e. The molecule has 0 aliphatic heterocycles. The van der Waals surface area contributed by atoms with Crippen LogP contribution in [0.5, 0.6) is 5.75 Å². The van der Waals surface area contributed by atoms with E-state index < -0.39 is 17.0 Å². The maximum atomic E-state index is 12.8. The van der Waals surface area contributed by atoms with Gasteiger partial charge in [0.05, 0.1) is 13.7 Å². The Hall–Kier alpha value is -3.39. The molecule has 0 fully saturated rings. The van der Waals surface area contributed by atoms with Crippen LogP contribution >= 0.6 is 0 Å². The number of carbonyl (C=O) groups is 1. The maximum Gasteiger partial charge on any atom is 0.329 e. The molecule has 0 radical (unpaired) electrons.